The Labute approximate surface area is 338 Å². The first-order valence-electron chi connectivity index (χ1n) is 16.2. The van der Waals surface area contributed by atoms with Crippen molar-refractivity contribution in [1.29, 1.82) is 0 Å². The average molecular weight is 850 g/mol. The van der Waals surface area contributed by atoms with Crippen molar-refractivity contribution in [1.82, 2.24) is 19.9 Å². The molecule has 272 valence electrons. The molecule has 0 fully saturated rings. The van der Waals surface area contributed by atoms with Gasteiger partial charge in [-0.15, -0.1) is 12.4 Å². The van der Waals surface area contributed by atoms with Gasteiger partial charge in [0.15, 0.2) is 0 Å². The van der Waals surface area contributed by atoms with E-state index in [1.807, 2.05) is 72.8 Å². The van der Waals surface area contributed by atoms with Gasteiger partial charge in [0, 0.05) is 30.8 Å². The maximum absolute atomic E-state index is 9.59. The van der Waals surface area contributed by atoms with Crippen LogP contribution in [0.15, 0.2) is 189 Å². The third-order valence-corrected chi connectivity index (χ3v) is 9.26. The van der Waals surface area contributed by atoms with E-state index in [1.54, 1.807) is 24.8 Å². The average Bonchev–Trinajstić information content (AvgIpc) is 3.20. The second-order valence-corrected chi connectivity index (χ2v) is 12.7. The van der Waals surface area contributed by atoms with Gasteiger partial charge in [-0.2, -0.15) is 0 Å². The molecule has 0 unspecified atom stereocenters. The van der Waals surface area contributed by atoms with E-state index in [1.165, 1.54) is 15.9 Å². The molecule has 4 heterocycles. The monoisotopic (exact) mass is 849 g/mol. The third-order valence-electron chi connectivity index (χ3n) is 6.81. The van der Waals surface area contributed by atoms with Crippen LogP contribution in [-0.4, -0.2) is 32.4 Å². The minimum atomic E-state index is -1.02. The summed E-state index contributed by atoms with van der Waals surface area (Å²) in [6.07, 6.45) is 7.67. The van der Waals surface area contributed by atoms with Gasteiger partial charge >= 0.3 is 19.5 Å². The molecule has 11 heteroatoms. The zero-order chi connectivity index (χ0) is 35.1. The van der Waals surface area contributed by atoms with Crippen molar-refractivity contribution in [2.75, 3.05) is 6.54 Å². The molecule has 4 aromatic heterocycles. The molecule has 0 aliphatic rings. The molecule has 0 spiro atoms. The molecule has 2 N–H and O–H groups in total. The number of nitrogens with zero attached hydrogens (tertiary/aromatic N) is 4. The van der Waals surface area contributed by atoms with E-state index in [9.17, 15) is 9.90 Å². The summed E-state index contributed by atoms with van der Waals surface area (Å²) in [5.41, 5.74) is 8.65. The third kappa shape index (κ3) is 17.1. The molecular weight excluding hydrogens is 809 g/mol. The van der Waals surface area contributed by atoms with Crippen molar-refractivity contribution in [3.63, 3.8) is 0 Å². The normalized spacial score (nSPS) is 9.32. The van der Waals surface area contributed by atoms with Crippen LogP contribution in [0.3, 0.4) is 0 Å². The van der Waals surface area contributed by atoms with Crippen LogP contribution in [0.2, 0.25) is 0 Å². The van der Waals surface area contributed by atoms with Crippen molar-refractivity contribution >= 4 is 42.2 Å². The number of hydrogen-bond acceptors (Lipinski definition) is 7. The van der Waals surface area contributed by atoms with E-state index >= 15 is 0 Å². The summed E-state index contributed by atoms with van der Waals surface area (Å²) in [5.74, 6) is -1.02. The van der Waals surface area contributed by atoms with Crippen LogP contribution in [0.1, 0.15) is 12.8 Å². The number of aromatic nitrogens is 4. The van der Waals surface area contributed by atoms with E-state index < -0.39 is 13.9 Å². The quantitative estimate of drug-likeness (QED) is 0.184. The SMILES string of the molecule is Cl.NCCCC(=O)[O-].[Cl-].[Ru+2].c1ccc(-c2ccccn2)nc1.c1ccc(-c2ccccn2)nc1.c1ccc(P(c2ccccc2)c2ccccc2)cc1. The number of pyridine rings is 4. The second-order valence-electron chi connectivity index (χ2n) is 10.5. The zero-order valence-electron chi connectivity index (χ0n) is 28.8. The predicted octanol–water partition coefficient (Wildman–Crippen LogP) is 3.63. The molecule has 53 heavy (non-hydrogen) atoms. The fourth-order valence-electron chi connectivity index (χ4n) is 4.48. The Bertz CT molecular complexity index is 1670. The molecule has 0 saturated carbocycles. The first-order chi connectivity index (χ1) is 24.7. The number of carboxylic acids is 1. The summed E-state index contributed by atoms with van der Waals surface area (Å²) in [6, 6.07) is 55.5. The Kier molecular flexibility index (Phi) is 24.4. The smallest absolute Gasteiger partial charge is 1.00 e. The van der Waals surface area contributed by atoms with Gasteiger partial charge in [0.25, 0.3) is 0 Å². The maximum Gasteiger partial charge on any atom is 2.00 e. The minimum absolute atomic E-state index is 0. The Morgan fingerprint density at radius 3 is 0.943 bits per heavy atom. The Balaban J connectivity index is 0.000000366. The number of rotatable bonds is 8. The van der Waals surface area contributed by atoms with E-state index in [2.05, 4.69) is 111 Å². The van der Waals surface area contributed by atoms with Crippen LogP contribution in [0.25, 0.3) is 22.8 Å². The van der Waals surface area contributed by atoms with E-state index in [0.717, 1.165) is 22.8 Å². The zero-order valence-corrected chi connectivity index (χ0v) is 33.0. The molecule has 0 bridgehead atoms. The van der Waals surface area contributed by atoms with Crippen molar-refractivity contribution in [2.45, 2.75) is 12.8 Å². The first-order valence-corrected chi connectivity index (χ1v) is 17.5. The largest absolute Gasteiger partial charge is 2.00 e. The van der Waals surface area contributed by atoms with Gasteiger partial charge in [-0.1, -0.05) is 115 Å². The minimum Gasteiger partial charge on any atom is -1.00 e. The predicted molar refractivity (Wildman–Crippen MR) is 211 cm³/mol. The van der Waals surface area contributed by atoms with Crippen LogP contribution in [0.5, 0.6) is 0 Å². The van der Waals surface area contributed by atoms with E-state index in [-0.39, 0.29) is 50.7 Å². The molecule has 0 aliphatic heterocycles. The molecule has 0 radical (unpaired) electrons. The summed E-state index contributed by atoms with van der Waals surface area (Å²) in [7, 11) is -0.446. The van der Waals surface area contributed by atoms with Crippen molar-refractivity contribution in [2.24, 2.45) is 5.73 Å². The van der Waals surface area contributed by atoms with E-state index in [4.69, 9.17) is 5.73 Å². The molecule has 0 amide bonds. The van der Waals surface area contributed by atoms with Crippen LogP contribution in [0.4, 0.5) is 0 Å². The molecule has 7 nitrogen and oxygen atoms in total. The standard InChI is InChI=1S/C18H15P.2C10H8N2.C4H9NO2.2ClH.Ru/c1-4-10-16(11-5-1)19(17-12-6-2-7-13-17)18-14-8-3-9-15-18;2*1-3-7-11-9(5-1)10-6-2-4-8-12-10;5-3-1-2-4(6)7;;;/h1-15H;2*1-8H;1-3,5H2,(H,6,7);2*1H;/q;;;;;;+2/p-2. The van der Waals surface area contributed by atoms with Crippen molar-refractivity contribution < 1.29 is 41.8 Å². The second kappa shape index (κ2) is 27.9. The summed E-state index contributed by atoms with van der Waals surface area (Å²) in [4.78, 5) is 26.3. The van der Waals surface area contributed by atoms with Gasteiger partial charge in [0.05, 0.1) is 22.8 Å². The molecular formula is C42H40Cl2N5O2PRu. The van der Waals surface area contributed by atoms with Crippen LogP contribution in [-0.2, 0) is 24.3 Å². The van der Waals surface area contributed by atoms with Gasteiger partial charge in [-0.05, 0) is 91.8 Å². The number of carbonyl (C=O) groups is 1. The van der Waals surface area contributed by atoms with Crippen LogP contribution >= 0.6 is 20.3 Å². The fraction of sp³-hybridized carbons (Fsp3) is 0.0714. The number of halogens is 2. The summed E-state index contributed by atoms with van der Waals surface area (Å²) in [6.45, 7) is 0.425. The molecule has 3 aromatic carbocycles. The summed E-state index contributed by atoms with van der Waals surface area (Å²) >= 11 is 0. The number of carbonyl (C=O) groups excluding carboxylic acids is 1. The summed E-state index contributed by atoms with van der Waals surface area (Å²) < 4.78 is 0. The molecule has 0 atom stereocenters. The number of nitrogens with two attached hydrogens (primary N) is 1. The topological polar surface area (TPSA) is 118 Å². The van der Waals surface area contributed by atoms with Crippen LogP contribution < -0.4 is 39.2 Å². The number of hydrogen-bond donors (Lipinski definition) is 1. The van der Waals surface area contributed by atoms with Gasteiger partial charge in [-0.25, -0.2) is 0 Å². The van der Waals surface area contributed by atoms with E-state index in [0.29, 0.717) is 13.0 Å². The Morgan fingerprint density at radius 2 is 0.755 bits per heavy atom. The maximum atomic E-state index is 9.59. The number of benzene rings is 3. The van der Waals surface area contributed by atoms with Gasteiger partial charge in [0.1, 0.15) is 0 Å². The molecule has 0 saturated heterocycles. The Hall–Kier alpha value is -4.68. The summed E-state index contributed by atoms with van der Waals surface area (Å²) in [5, 5.41) is 13.8. The number of carboxylic acid groups (broad SMARTS) is 1. The number of aliphatic carboxylic acids is 1. The van der Waals surface area contributed by atoms with Crippen molar-refractivity contribution in [3.05, 3.63) is 189 Å². The first kappa shape index (κ1) is 46.3. The fourth-order valence-corrected chi connectivity index (χ4v) is 6.79. The van der Waals surface area contributed by atoms with Crippen molar-refractivity contribution in [3.8, 4) is 22.8 Å². The van der Waals surface area contributed by atoms with Crippen LogP contribution in [0, 0.1) is 0 Å². The Morgan fingerprint density at radius 1 is 0.491 bits per heavy atom. The van der Waals surface area contributed by atoms with Gasteiger partial charge in [0.2, 0.25) is 0 Å². The molecule has 7 aromatic rings. The molecule has 7 rings (SSSR count). The molecule has 0 aliphatic carbocycles. The van der Waals surface area contributed by atoms with Gasteiger partial charge in [-0.3, -0.25) is 19.9 Å². The van der Waals surface area contributed by atoms with Gasteiger partial charge < -0.3 is 28.0 Å².